The third kappa shape index (κ3) is 5.09. The summed E-state index contributed by atoms with van der Waals surface area (Å²) in [4.78, 5) is 0. The highest BCUT2D eigenvalue weighted by molar-refractivity contribution is 7.99. The summed E-state index contributed by atoms with van der Waals surface area (Å²) >= 11 is 1.87. The number of hydrogen-bond acceptors (Lipinski definition) is 4. The highest BCUT2D eigenvalue weighted by atomic mass is 32.2. The van der Waals surface area contributed by atoms with Gasteiger partial charge >= 0.3 is 6.36 Å². The second-order valence-electron chi connectivity index (χ2n) is 5.10. The predicted octanol–water partition coefficient (Wildman–Crippen LogP) is 2.93. The van der Waals surface area contributed by atoms with Gasteiger partial charge in [-0.15, -0.1) is 13.2 Å². The summed E-state index contributed by atoms with van der Waals surface area (Å²) in [6.07, 6.45) is -2.88. The fourth-order valence-corrected chi connectivity index (χ4v) is 3.53. The third-order valence-electron chi connectivity index (χ3n) is 3.58. The average molecular weight is 321 g/mol. The lowest BCUT2D eigenvalue weighted by atomic mass is 9.93. The lowest BCUT2D eigenvalue weighted by Crippen LogP contribution is -2.50. The highest BCUT2D eigenvalue weighted by Gasteiger charge is 2.32. The van der Waals surface area contributed by atoms with E-state index in [2.05, 4.69) is 10.1 Å². The summed E-state index contributed by atoms with van der Waals surface area (Å²) in [5.41, 5.74) is 0.586. The molecule has 3 nitrogen and oxygen atoms in total. The molecule has 0 saturated carbocycles. The number of benzene rings is 1. The number of ether oxygens (including phenoxy) is 1. The van der Waals surface area contributed by atoms with Crippen LogP contribution in [-0.2, 0) is 6.54 Å². The van der Waals surface area contributed by atoms with Crippen molar-refractivity contribution in [3.8, 4) is 5.75 Å². The first-order valence-corrected chi connectivity index (χ1v) is 7.86. The number of nitrogens with one attached hydrogen (secondary N) is 1. The van der Waals surface area contributed by atoms with Crippen molar-refractivity contribution in [3.63, 3.8) is 0 Å². The molecule has 1 fully saturated rings. The largest absolute Gasteiger partial charge is 0.573 e. The van der Waals surface area contributed by atoms with Crippen molar-refractivity contribution in [1.29, 1.82) is 0 Å². The Morgan fingerprint density at radius 1 is 1.19 bits per heavy atom. The predicted molar refractivity (Wildman–Crippen MR) is 76.3 cm³/mol. The van der Waals surface area contributed by atoms with Crippen LogP contribution < -0.4 is 10.1 Å². The standard InChI is InChI=1S/C14H18F3NO2S/c15-14(16,17)20-12-3-1-11(2-4-12)9-18-13(10-19)5-7-21-8-6-13/h1-4,18-19H,5-10H2. The first-order chi connectivity index (χ1) is 9.92. The van der Waals surface area contributed by atoms with Gasteiger partial charge < -0.3 is 15.2 Å². The van der Waals surface area contributed by atoms with Crippen LogP contribution in [0, 0.1) is 0 Å². The number of thioether (sulfide) groups is 1. The van der Waals surface area contributed by atoms with Crippen molar-refractivity contribution in [3.05, 3.63) is 29.8 Å². The molecule has 0 aliphatic carbocycles. The fourth-order valence-electron chi connectivity index (χ4n) is 2.25. The fraction of sp³-hybridized carbons (Fsp3) is 0.571. The van der Waals surface area contributed by atoms with Gasteiger partial charge in [-0.3, -0.25) is 0 Å². The summed E-state index contributed by atoms with van der Waals surface area (Å²) in [5.74, 6) is 1.79. The van der Waals surface area contributed by atoms with Crippen molar-refractivity contribution in [2.75, 3.05) is 18.1 Å². The number of alkyl halides is 3. The van der Waals surface area contributed by atoms with Crippen LogP contribution in [0.4, 0.5) is 13.2 Å². The van der Waals surface area contributed by atoms with Gasteiger partial charge in [-0.1, -0.05) is 12.1 Å². The summed E-state index contributed by atoms with van der Waals surface area (Å²) in [6, 6.07) is 5.78. The van der Waals surface area contributed by atoms with E-state index in [1.807, 2.05) is 11.8 Å². The van der Waals surface area contributed by atoms with Gasteiger partial charge in [0, 0.05) is 12.1 Å². The maximum absolute atomic E-state index is 12.1. The Bertz CT molecular complexity index is 445. The molecule has 0 spiro atoms. The van der Waals surface area contributed by atoms with E-state index in [0.29, 0.717) is 6.54 Å². The second-order valence-corrected chi connectivity index (χ2v) is 6.32. The summed E-state index contributed by atoms with van der Waals surface area (Å²) in [6.45, 7) is 0.584. The van der Waals surface area contributed by atoms with Crippen LogP contribution in [0.2, 0.25) is 0 Å². The number of halogens is 3. The van der Waals surface area contributed by atoms with Crippen molar-refractivity contribution in [2.45, 2.75) is 31.3 Å². The summed E-state index contributed by atoms with van der Waals surface area (Å²) in [5, 5.41) is 12.9. The minimum absolute atomic E-state index is 0.0723. The van der Waals surface area contributed by atoms with Gasteiger partial charge in [0.2, 0.25) is 0 Å². The van der Waals surface area contributed by atoms with E-state index in [4.69, 9.17) is 0 Å². The Balaban J connectivity index is 1.91. The van der Waals surface area contributed by atoms with Gasteiger partial charge in [0.25, 0.3) is 0 Å². The van der Waals surface area contributed by atoms with E-state index in [1.54, 1.807) is 12.1 Å². The zero-order valence-corrected chi connectivity index (χ0v) is 12.3. The number of aliphatic hydroxyl groups excluding tert-OH is 1. The molecule has 0 amide bonds. The van der Waals surface area contributed by atoms with Crippen molar-refractivity contribution in [1.82, 2.24) is 5.32 Å². The smallest absolute Gasteiger partial charge is 0.406 e. The van der Waals surface area contributed by atoms with Crippen LogP contribution in [0.15, 0.2) is 24.3 Å². The molecule has 21 heavy (non-hydrogen) atoms. The van der Waals surface area contributed by atoms with E-state index in [-0.39, 0.29) is 17.9 Å². The molecule has 1 saturated heterocycles. The molecular formula is C14H18F3NO2S. The Morgan fingerprint density at radius 3 is 2.33 bits per heavy atom. The van der Waals surface area contributed by atoms with Crippen LogP contribution >= 0.6 is 11.8 Å². The van der Waals surface area contributed by atoms with Gasteiger partial charge in [-0.25, -0.2) is 0 Å². The van der Waals surface area contributed by atoms with Crippen LogP contribution in [0.5, 0.6) is 5.75 Å². The Morgan fingerprint density at radius 2 is 1.81 bits per heavy atom. The molecule has 0 unspecified atom stereocenters. The number of aliphatic hydroxyl groups is 1. The maximum Gasteiger partial charge on any atom is 0.573 e. The van der Waals surface area contributed by atoms with Crippen LogP contribution in [-0.4, -0.2) is 35.1 Å². The minimum atomic E-state index is -4.67. The van der Waals surface area contributed by atoms with E-state index in [9.17, 15) is 18.3 Å². The van der Waals surface area contributed by atoms with Gasteiger partial charge in [-0.2, -0.15) is 11.8 Å². The Hall–Kier alpha value is -0.920. The first kappa shape index (κ1) is 16.5. The molecule has 2 N–H and O–H groups in total. The molecule has 0 bridgehead atoms. The number of hydrogen-bond donors (Lipinski definition) is 2. The highest BCUT2D eigenvalue weighted by Crippen LogP contribution is 2.27. The molecular weight excluding hydrogens is 303 g/mol. The first-order valence-electron chi connectivity index (χ1n) is 6.71. The average Bonchev–Trinajstić information content (AvgIpc) is 2.46. The van der Waals surface area contributed by atoms with Gasteiger partial charge in [0.05, 0.1) is 6.61 Å². The van der Waals surface area contributed by atoms with Gasteiger partial charge in [0.15, 0.2) is 0 Å². The van der Waals surface area contributed by atoms with E-state index in [0.717, 1.165) is 29.9 Å². The van der Waals surface area contributed by atoms with E-state index in [1.165, 1.54) is 12.1 Å². The zero-order valence-electron chi connectivity index (χ0n) is 11.4. The summed E-state index contributed by atoms with van der Waals surface area (Å²) in [7, 11) is 0. The molecule has 0 atom stereocenters. The van der Waals surface area contributed by atoms with Crippen LogP contribution in [0.1, 0.15) is 18.4 Å². The molecule has 1 aromatic rings. The Kier molecular flexibility index (Phi) is 5.40. The molecule has 1 aromatic carbocycles. The van der Waals surface area contributed by atoms with Gasteiger partial charge in [-0.05, 0) is 42.0 Å². The van der Waals surface area contributed by atoms with E-state index < -0.39 is 6.36 Å². The quantitative estimate of drug-likeness (QED) is 0.875. The molecule has 1 aliphatic rings. The molecule has 0 radical (unpaired) electrons. The zero-order chi connectivity index (χ0) is 15.3. The molecule has 1 heterocycles. The van der Waals surface area contributed by atoms with Crippen LogP contribution in [0.25, 0.3) is 0 Å². The normalized spacial score (nSPS) is 18.5. The maximum atomic E-state index is 12.1. The lowest BCUT2D eigenvalue weighted by Gasteiger charge is -2.36. The Labute approximate surface area is 125 Å². The van der Waals surface area contributed by atoms with E-state index >= 15 is 0 Å². The number of rotatable bonds is 5. The second kappa shape index (κ2) is 6.89. The lowest BCUT2D eigenvalue weighted by molar-refractivity contribution is -0.274. The van der Waals surface area contributed by atoms with Crippen molar-refractivity contribution < 1.29 is 23.0 Å². The topological polar surface area (TPSA) is 41.5 Å². The monoisotopic (exact) mass is 321 g/mol. The molecule has 2 rings (SSSR count). The van der Waals surface area contributed by atoms with Crippen molar-refractivity contribution in [2.24, 2.45) is 0 Å². The van der Waals surface area contributed by atoms with Crippen molar-refractivity contribution >= 4 is 11.8 Å². The van der Waals surface area contributed by atoms with Gasteiger partial charge in [0.1, 0.15) is 5.75 Å². The molecule has 7 heteroatoms. The SMILES string of the molecule is OCC1(NCc2ccc(OC(F)(F)F)cc2)CCSCC1. The van der Waals surface area contributed by atoms with Crippen LogP contribution in [0.3, 0.4) is 0 Å². The molecule has 0 aromatic heterocycles. The molecule has 118 valence electrons. The summed E-state index contributed by atoms with van der Waals surface area (Å²) < 4.78 is 40.0. The third-order valence-corrected chi connectivity index (χ3v) is 4.56. The molecule has 1 aliphatic heterocycles. The minimum Gasteiger partial charge on any atom is -0.406 e.